The summed E-state index contributed by atoms with van der Waals surface area (Å²) in [6.07, 6.45) is 0.104. The molecule has 242 valence electrons. The quantitative estimate of drug-likeness (QED) is 0.209. The molecule has 2 aromatic carbocycles. The predicted octanol–water partition coefficient (Wildman–Crippen LogP) is 6.86. The molecule has 0 aliphatic carbocycles. The number of aryl methyl sites for hydroxylation is 3. The number of alkyl halides is 1. The third kappa shape index (κ3) is 8.09. The zero-order valence-corrected chi connectivity index (χ0v) is 26.3. The van der Waals surface area contributed by atoms with Gasteiger partial charge in [-0.05, 0) is 109 Å². The number of ketones is 1. The number of aliphatic carboxylic acids is 1. The fourth-order valence-electron chi connectivity index (χ4n) is 6.30. The van der Waals surface area contributed by atoms with E-state index in [0.717, 1.165) is 10.6 Å². The van der Waals surface area contributed by atoms with Gasteiger partial charge in [-0.2, -0.15) is 0 Å². The highest BCUT2D eigenvalue weighted by Crippen LogP contribution is 2.36. The molecule has 2 heterocycles. The maximum absolute atomic E-state index is 15.7. The van der Waals surface area contributed by atoms with E-state index in [-0.39, 0.29) is 23.5 Å². The van der Waals surface area contributed by atoms with E-state index in [2.05, 4.69) is 0 Å². The first-order valence-corrected chi connectivity index (χ1v) is 15.2. The van der Waals surface area contributed by atoms with Gasteiger partial charge in [-0.15, -0.1) is 0 Å². The Kier molecular flexibility index (Phi) is 10.7. The number of carbonyl (C=O) groups is 2. The molecule has 10 heteroatoms. The Morgan fingerprint density at radius 2 is 1.60 bits per heavy atom. The molecule has 1 unspecified atom stereocenters. The molecule has 0 spiro atoms. The number of rotatable bonds is 13. The van der Waals surface area contributed by atoms with Crippen molar-refractivity contribution in [3.05, 3.63) is 92.2 Å². The van der Waals surface area contributed by atoms with Crippen LogP contribution in [0.3, 0.4) is 0 Å². The molecule has 1 N–H and O–H groups in total. The average Bonchev–Trinajstić information content (AvgIpc) is 2.91. The lowest BCUT2D eigenvalue weighted by molar-refractivity contribution is -0.137. The van der Waals surface area contributed by atoms with Gasteiger partial charge in [0.15, 0.2) is 11.6 Å². The maximum Gasteiger partial charge on any atom is 0.303 e. The average molecular weight is 629 g/mol. The van der Waals surface area contributed by atoms with Crippen LogP contribution in [0.5, 0.6) is 0 Å². The second-order valence-corrected chi connectivity index (χ2v) is 12.7. The highest BCUT2D eigenvalue weighted by molar-refractivity contribution is 5.84. The SMILES string of the molecule is Cc1cc(-c2c(C)cc(F)cc2C)cc([C@H](CC(=O)O)CC(=O)C(CC(C)C)n2cc(CCN3CC(F)C3)cc(F)c2=O)c1F. The van der Waals surface area contributed by atoms with Crippen LogP contribution in [0, 0.1) is 44.1 Å². The van der Waals surface area contributed by atoms with Crippen molar-refractivity contribution in [2.24, 2.45) is 5.92 Å². The van der Waals surface area contributed by atoms with E-state index in [1.165, 1.54) is 24.4 Å². The summed E-state index contributed by atoms with van der Waals surface area (Å²) < 4.78 is 59.0. The van der Waals surface area contributed by atoms with Gasteiger partial charge < -0.3 is 9.67 Å². The number of nitrogens with zero attached hydrogens (tertiary/aromatic N) is 2. The molecule has 6 nitrogen and oxygen atoms in total. The second-order valence-electron chi connectivity index (χ2n) is 12.7. The van der Waals surface area contributed by atoms with Crippen molar-refractivity contribution in [2.45, 2.75) is 78.4 Å². The molecule has 0 radical (unpaired) electrons. The molecular formula is C35H40F4N2O4. The number of benzene rings is 2. The van der Waals surface area contributed by atoms with Crippen LogP contribution in [0.2, 0.25) is 0 Å². The first-order valence-electron chi connectivity index (χ1n) is 15.2. The number of halogens is 4. The van der Waals surface area contributed by atoms with E-state index in [9.17, 15) is 32.7 Å². The summed E-state index contributed by atoms with van der Waals surface area (Å²) in [5.41, 5.74) is 2.23. The first kappa shape index (κ1) is 34.1. The lowest BCUT2D eigenvalue weighted by Gasteiger charge is -2.34. The molecule has 1 aromatic heterocycles. The van der Waals surface area contributed by atoms with Crippen LogP contribution in [0.4, 0.5) is 17.6 Å². The highest BCUT2D eigenvalue weighted by atomic mass is 19.1. The molecule has 1 aliphatic rings. The van der Waals surface area contributed by atoms with E-state index in [1.807, 2.05) is 18.7 Å². The molecule has 0 bridgehead atoms. The lowest BCUT2D eigenvalue weighted by Crippen LogP contribution is -2.49. The summed E-state index contributed by atoms with van der Waals surface area (Å²) >= 11 is 0. The Hall–Kier alpha value is -3.79. The van der Waals surface area contributed by atoms with Crippen molar-refractivity contribution in [2.75, 3.05) is 19.6 Å². The summed E-state index contributed by atoms with van der Waals surface area (Å²) in [6.45, 7) is 9.73. The topological polar surface area (TPSA) is 79.6 Å². The van der Waals surface area contributed by atoms with Gasteiger partial charge in [0, 0.05) is 38.2 Å². The number of hydrogen-bond acceptors (Lipinski definition) is 4. The predicted molar refractivity (Wildman–Crippen MR) is 165 cm³/mol. The van der Waals surface area contributed by atoms with Crippen molar-refractivity contribution < 1.29 is 32.3 Å². The van der Waals surface area contributed by atoms with Crippen molar-refractivity contribution >= 4 is 11.8 Å². The van der Waals surface area contributed by atoms with Crippen molar-refractivity contribution in [3.8, 4) is 11.1 Å². The van der Waals surface area contributed by atoms with Gasteiger partial charge in [-0.1, -0.05) is 13.8 Å². The van der Waals surface area contributed by atoms with Gasteiger partial charge in [0.1, 0.15) is 17.8 Å². The lowest BCUT2D eigenvalue weighted by atomic mass is 9.84. The zero-order chi connectivity index (χ0) is 33.2. The van der Waals surface area contributed by atoms with Gasteiger partial charge in [0.05, 0.1) is 12.5 Å². The number of pyridine rings is 1. The Bertz CT molecular complexity index is 1620. The van der Waals surface area contributed by atoms with Crippen LogP contribution < -0.4 is 5.56 Å². The number of Topliss-reactive ketones (excluding diaryl/α,β-unsaturated/α-hetero) is 1. The van der Waals surface area contributed by atoms with E-state index in [0.29, 0.717) is 53.9 Å². The molecule has 1 aliphatic heterocycles. The summed E-state index contributed by atoms with van der Waals surface area (Å²) in [4.78, 5) is 40.9. The summed E-state index contributed by atoms with van der Waals surface area (Å²) in [5.74, 6) is -5.03. The highest BCUT2D eigenvalue weighted by Gasteiger charge is 2.31. The van der Waals surface area contributed by atoms with Crippen molar-refractivity contribution in [1.82, 2.24) is 9.47 Å². The van der Waals surface area contributed by atoms with E-state index < -0.39 is 65.7 Å². The van der Waals surface area contributed by atoms with Crippen LogP contribution in [0.1, 0.15) is 72.9 Å². The van der Waals surface area contributed by atoms with Gasteiger partial charge in [0.25, 0.3) is 5.56 Å². The number of carboxylic acid groups (broad SMARTS) is 1. The number of likely N-dealkylation sites (tertiary alicyclic amines) is 1. The molecular weight excluding hydrogens is 588 g/mol. The van der Waals surface area contributed by atoms with Crippen molar-refractivity contribution in [1.29, 1.82) is 0 Å². The summed E-state index contributed by atoms with van der Waals surface area (Å²) in [7, 11) is 0. The minimum absolute atomic E-state index is 0.0279. The molecule has 2 atom stereocenters. The fraction of sp³-hybridized carbons (Fsp3) is 0.457. The smallest absolute Gasteiger partial charge is 0.303 e. The molecule has 3 aromatic rings. The summed E-state index contributed by atoms with van der Waals surface area (Å²) in [6, 6.07) is 5.85. The number of aromatic nitrogens is 1. The molecule has 0 saturated carbocycles. The molecule has 1 fully saturated rings. The first-order chi connectivity index (χ1) is 21.1. The minimum atomic E-state index is -1.24. The number of carboxylic acids is 1. The van der Waals surface area contributed by atoms with Gasteiger partial charge >= 0.3 is 5.97 Å². The number of carbonyl (C=O) groups excluding carboxylic acids is 1. The van der Waals surface area contributed by atoms with Crippen LogP contribution in [0.25, 0.3) is 11.1 Å². The Morgan fingerprint density at radius 3 is 2.18 bits per heavy atom. The molecule has 0 amide bonds. The monoisotopic (exact) mass is 628 g/mol. The zero-order valence-electron chi connectivity index (χ0n) is 26.3. The van der Waals surface area contributed by atoms with Gasteiger partial charge in [0.2, 0.25) is 0 Å². The Balaban J connectivity index is 1.72. The third-order valence-electron chi connectivity index (χ3n) is 8.46. The van der Waals surface area contributed by atoms with E-state index in [4.69, 9.17) is 0 Å². The molecule has 45 heavy (non-hydrogen) atoms. The van der Waals surface area contributed by atoms with E-state index in [1.54, 1.807) is 26.8 Å². The maximum atomic E-state index is 15.7. The Labute approximate surface area is 260 Å². The largest absolute Gasteiger partial charge is 0.481 e. The minimum Gasteiger partial charge on any atom is -0.481 e. The standard InChI is InChI=1S/C35H40F4N2O4/c1-19(2)8-30(41-16-23(12-29(38)35(41)45)6-7-40-17-27(37)18-40)31(42)14-24(15-32(43)44)28-13-25(9-22(5)34(28)39)33-20(3)10-26(36)11-21(33)4/h9-13,16,19,24,27,30H,6-8,14-15,17-18H2,1-5H3,(H,43,44)/t24-,30?/m0/s1. The number of hydrogen-bond donors (Lipinski definition) is 1. The second kappa shape index (κ2) is 14.1. The Morgan fingerprint density at radius 1 is 0.956 bits per heavy atom. The van der Waals surface area contributed by atoms with Crippen LogP contribution >= 0.6 is 0 Å². The normalized spacial score (nSPS) is 15.2. The van der Waals surface area contributed by atoms with Crippen LogP contribution in [-0.4, -0.2) is 52.1 Å². The molecule has 4 rings (SSSR count). The summed E-state index contributed by atoms with van der Waals surface area (Å²) in [5, 5.41) is 9.78. The van der Waals surface area contributed by atoms with Gasteiger partial charge in [-0.25, -0.2) is 17.6 Å². The van der Waals surface area contributed by atoms with Crippen molar-refractivity contribution in [3.63, 3.8) is 0 Å². The van der Waals surface area contributed by atoms with Gasteiger partial charge in [-0.3, -0.25) is 19.3 Å². The van der Waals surface area contributed by atoms with Crippen LogP contribution in [0.15, 0.2) is 41.3 Å². The third-order valence-corrected chi connectivity index (χ3v) is 8.46. The molecule has 1 saturated heterocycles. The van der Waals surface area contributed by atoms with Crippen LogP contribution in [-0.2, 0) is 16.0 Å². The van der Waals surface area contributed by atoms with E-state index >= 15 is 4.39 Å². The fourth-order valence-corrected chi connectivity index (χ4v) is 6.30.